The number of nitrogens with zero attached hydrogens (tertiary/aromatic N) is 3. The van der Waals surface area contributed by atoms with E-state index in [0.717, 1.165) is 36.7 Å². The van der Waals surface area contributed by atoms with E-state index in [1.165, 1.54) is 0 Å². The number of aromatic nitrogens is 2. The molecule has 1 aliphatic heterocycles. The SMILES string of the molecule is C[C@H](CCCC(=O)O)c1nccc(N2CCC(O)(Cc3ccccc3)CC2)n1. The third-order valence-electron chi connectivity index (χ3n) is 5.52. The molecule has 0 bridgehead atoms. The second-order valence-corrected chi connectivity index (χ2v) is 7.83. The average molecular weight is 383 g/mol. The summed E-state index contributed by atoms with van der Waals surface area (Å²) in [5.74, 6) is 1.00. The molecule has 1 aliphatic rings. The van der Waals surface area contributed by atoms with Crippen LogP contribution in [0.15, 0.2) is 42.6 Å². The zero-order valence-electron chi connectivity index (χ0n) is 16.4. The van der Waals surface area contributed by atoms with Gasteiger partial charge >= 0.3 is 5.97 Å². The summed E-state index contributed by atoms with van der Waals surface area (Å²) in [6.07, 6.45) is 5.42. The third-order valence-corrected chi connectivity index (χ3v) is 5.52. The number of carboxylic acids is 1. The van der Waals surface area contributed by atoms with Crippen molar-refractivity contribution in [1.29, 1.82) is 0 Å². The molecule has 28 heavy (non-hydrogen) atoms. The molecule has 6 heteroatoms. The van der Waals surface area contributed by atoms with Gasteiger partial charge in [0.05, 0.1) is 5.60 Å². The van der Waals surface area contributed by atoms with Gasteiger partial charge < -0.3 is 15.1 Å². The molecule has 0 radical (unpaired) electrons. The number of hydrogen-bond acceptors (Lipinski definition) is 5. The standard InChI is InChI=1S/C22H29N3O3/c1-17(6-5-9-20(26)27)21-23-13-10-19(24-21)25-14-11-22(28,12-15-25)16-18-7-3-2-4-8-18/h2-4,7-8,10,13,17,28H,5-6,9,11-12,14-16H2,1H3,(H,26,27)/t17-/m1/s1. The van der Waals surface area contributed by atoms with Crippen LogP contribution >= 0.6 is 0 Å². The molecule has 0 saturated carbocycles. The van der Waals surface area contributed by atoms with Gasteiger partial charge in [-0.25, -0.2) is 9.97 Å². The van der Waals surface area contributed by atoms with E-state index in [0.29, 0.717) is 25.7 Å². The zero-order valence-corrected chi connectivity index (χ0v) is 16.4. The van der Waals surface area contributed by atoms with E-state index < -0.39 is 11.6 Å². The molecular formula is C22H29N3O3. The van der Waals surface area contributed by atoms with Gasteiger partial charge in [-0.1, -0.05) is 37.3 Å². The minimum atomic E-state index is -0.766. The fourth-order valence-electron chi connectivity index (χ4n) is 3.77. The molecule has 2 N–H and O–H groups in total. The number of rotatable bonds is 8. The molecule has 150 valence electrons. The maximum absolute atomic E-state index is 11.0. The molecule has 1 aromatic carbocycles. The van der Waals surface area contributed by atoms with Crippen LogP contribution < -0.4 is 4.90 Å². The first-order valence-corrected chi connectivity index (χ1v) is 10.0. The normalized spacial score (nSPS) is 17.3. The summed E-state index contributed by atoms with van der Waals surface area (Å²) in [6.45, 7) is 3.55. The number of carbonyl (C=O) groups is 1. The van der Waals surface area contributed by atoms with Crippen molar-refractivity contribution in [1.82, 2.24) is 9.97 Å². The van der Waals surface area contributed by atoms with Crippen LogP contribution in [-0.2, 0) is 11.2 Å². The molecule has 0 amide bonds. The Balaban J connectivity index is 1.57. The van der Waals surface area contributed by atoms with Gasteiger partial charge in [0.2, 0.25) is 0 Å². The van der Waals surface area contributed by atoms with Crippen molar-refractivity contribution in [3.8, 4) is 0 Å². The van der Waals surface area contributed by atoms with Crippen molar-refractivity contribution in [2.75, 3.05) is 18.0 Å². The Morgan fingerprint density at radius 2 is 1.93 bits per heavy atom. The van der Waals surface area contributed by atoms with Crippen LogP contribution in [0.4, 0.5) is 5.82 Å². The number of anilines is 1. The molecule has 1 saturated heterocycles. The lowest BCUT2D eigenvalue weighted by Gasteiger charge is -2.39. The van der Waals surface area contributed by atoms with Gasteiger partial charge in [0.25, 0.3) is 0 Å². The van der Waals surface area contributed by atoms with Crippen LogP contribution in [0, 0.1) is 0 Å². The Morgan fingerprint density at radius 3 is 2.61 bits per heavy atom. The minimum absolute atomic E-state index is 0.124. The summed E-state index contributed by atoms with van der Waals surface area (Å²) >= 11 is 0. The van der Waals surface area contributed by atoms with Crippen molar-refractivity contribution in [2.24, 2.45) is 0 Å². The summed E-state index contributed by atoms with van der Waals surface area (Å²) in [4.78, 5) is 22.0. The van der Waals surface area contributed by atoms with Gasteiger partial charge in [-0.3, -0.25) is 4.79 Å². The second-order valence-electron chi connectivity index (χ2n) is 7.83. The first-order chi connectivity index (χ1) is 13.5. The number of piperidine rings is 1. The van der Waals surface area contributed by atoms with Crippen molar-refractivity contribution < 1.29 is 15.0 Å². The Hall–Kier alpha value is -2.47. The van der Waals surface area contributed by atoms with Crippen LogP contribution in [0.25, 0.3) is 0 Å². The lowest BCUT2D eigenvalue weighted by Crippen LogP contribution is -2.46. The van der Waals surface area contributed by atoms with Gasteiger partial charge in [0.1, 0.15) is 11.6 Å². The fraction of sp³-hybridized carbons (Fsp3) is 0.500. The molecule has 1 aromatic heterocycles. The molecule has 3 rings (SSSR count). The smallest absolute Gasteiger partial charge is 0.303 e. The Bertz CT molecular complexity index is 774. The highest BCUT2D eigenvalue weighted by molar-refractivity contribution is 5.66. The van der Waals surface area contributed by atoms with Gasteiger partial charge in [-0.05, 0) is 37.3 Å². The first kappa shape index (κ1) is 20.3. The van der Waals surface area contributed by atoms with Gasteiger partial charge in [-0.2, -0.15) is 0 Å². The number of carboxylic acid groups (broad SMARTS) is 1. The summed E-state index contributed by atoms with van der Waals surface area (Å²) in [7, 11) is 0. The van der Waals surface area contributed by atoms with Crippen LogP contribution in [0.5, 0.6) is 0 Å². The molecule has 0 aliphatic carbocycles. The molecule has 1 fully saturated rings. The quantitative estimate of drug-likeness (QED) is 0.726. The minimum Gasteiger partial charge on any atom is -0.481 e. The van der Waals surface area contributed by atoms with Crippen molar-refractivity contribution >= 4 is 11.8 Å². The fourth-order valence-corrected chi connectivity index (χ4v) is 3.77. The van der Waals surface area contributed by atoms with Crippen LogP contribution in [-0.4, -0.2) is 44.8 Å². The van der Waals surface area contributed by atoms with E-state index in [-0.39, 0.29) is 12.3 Å². The van der Waals surface area contributed by atoms with E-state index >= 15 is 0 Å². The van der Waals surface area contributed by atoms with E-state index in [1.54, 1.807) is 6.20 Å². The highest BCUT2D eigenvalue weighted by Gasteiger charge is 2.33. The average Bonchev–Trinajstić information content (AvgIpc) is 2.69. The van der Waals surface area contributed by atoms with Crippen LogP contribution in [0.3, 0.4) is 0 Å². The van der Waals surface area contributed by atoms with E-state index in [2.05, 4.69) is 22.0 Å². The topological polar surface area (TPSA) is 86.5 Å². The number of aliphatic carboxylic acids is 1. The van der Waals surface area contributed by atoms with Gasteiger partial charge in [0, 0.05) is 38.0 Å². The predicted octanol–water partition coefficient (Wildman–Crippen LogP) is 3.41. The third kappa shape index (κ3) is 5.52. The molecule has 0 spiro atoms. The maximum atomic E-state index is 11.0. The largest absolute Gasteiger partial charge is 0.481 e. The lowest BCUT2D eigenvalue weighted by atomic mass is 9.85. The van der Waals surface area contributed by atoms with E-state index in [9.17, 15) is 9.90 Å². The molecule has 6 nitrogen and oxygen atoms in total. The highest BCUT2D eigenvalue weighted by atomic mass is 16.4. The van der Waals surface area contributed by atoms with E-state index in [4.69, 9.17) is 10.1 Å². The Kier molecular flexibility index (Phi) is 6.62. The van der Waals surface area contributed by atoms with E-state index in [1.807, 2.05) is 31.2 Å². The number of aliphatic hydroxyl groups is 1. The summed E-state index contributed by atoms with van der Waals surface area (Å²) in [6, 6.07) is 12.0. The molecule has 2 heterocycles. The first-order valence-electron chi connectivity index (χ1n) is 10.0. The predicted molar refractivity (Wildman–Crippen MR) is 108 cm³/mol. The molecule has 0 unspecified atom stereocenters. The second kappa shape index (κ2) is 9.15. The highest BCUT2D eigenvalue weighted by Crippen LogP contribution is 2.29. The summed E-state index contributed by atoms with van der Waals surface area (Å²) in [5, 5.41) is 19.8. The number of benzene rings is 1. The van der Waals surface area contributed by atoms with Crippen molar-refractivity contribution in [3.63, 3.8) is 0 Å². The zero-order chi connectivity index (χ0) is 20.0. The van der Waals surface area contributed by atoms with Gasteiger partial charge in [-0.15, -0.1) is 0 Å². The summed E-state index contributed by atoms with van der Waals surface area (Å²) < 4.78 is 0. The summed E-state index contributed by atoms with van der Waals surface area (Å²) in [5.41, 5.74) is 0.496. The maximum Gasteiger partial charge on any atom is 0.303 e. The Labute approximate surface area is 166 Å². The van der Waals surface area contributed by atoms with Gasteiger partial charge in [0.15, 0.2) is 0 Å². The monoisotopic (exact) mass is 383 g/mol. The lowest BCUT2D eigenvalue weighted by molar-refractivity contribution is -0.137. The van der Waals surface area contributed by atoms with Crippen molar-refractivity contribution in [2.45, 2.75) is 57.0 Å². The Morgan fingerprint density at radius 1 is 1.21 bits per heavy atom. The molecule has 1 atom stereocenters. The van der Waals surface area contributed by atoms with Crippen molar-refractivity contribution in [3.05, 3.63) is 54.0 Å². The molecular weight excluding hydrogens is 354 g/mol. The number of hydrogen-bond donors (Lipinski definition) is 2. The van der Waals surface area contributed by atoms with Crippen LogP contribution in [0.2, 0.25) is 0 Å². The molecule has 2 aromatic rings. The van der Waals surface area contributed by atoms with Crippen LogP contribution in [0.1, 0.15) is 56.3 Å².